The molecule has 6 nitrogen and oxygen atoms in total. The van der Waals surface area contributed by atoms with E-state index in [9.17, 15) is 9.59 Å². The maximum absolute atomic E-state index is 13.1. The summed E-state index contributed by atoms with van der Waals surface area (Å²) in [6.07, 6.45) is 2.94. The molecule has 1 aromatic carbocycles. The van der Waals surface area contributed by atoms with Crippen LogP contribution in [0.4, 0.5) is 0 Å². The van der Waals surface area contributed by atoms with Gasteiger partial charge in [0, 0.05) is 43.0 Å². The van der Waals surface area contributed by atoms with Crippen LogP contribution < -0.4 is 10.7 Å². The lowest BCUT2D eigenvalue weighted by molar-refractivity contribution is 0.0932. The first-order chi connectivity index (χ1) is 14.9. The van der Waals surface area contributed by atoms with Gasteiger partial charge in [-0.05, 0) is 57.0 Å². The van der Waals surface area contributed by atoms with E-state index >= 15 is 0 Å². The number of pyridine rings is 1. The highest BCUT2D eigenvalue weighted by molar-refractivity contribution is 6.30. The highest BCUT2D eigenvalue weighted by atomic mass is 35.5. The second-order valence-electron chi connectivity index (χ2n) is 8.07. The topological polar surface area (TPSA) is 63.6 Å². The Morgan fingerprint density at radius 1 is 1.32 bits per heavy atom. The van der Waals surface area contributed by atoms with Gasteiger partial charge in [-0.25, -0.2) is 0 Å². The molecule has 0 aliphatic carbocycles. The van der Waals surface area contributed by atoms with Crippen molar-refractivity contribution >= 4 is 17.5 Å². The number of likely N-dealkylation sites (tertiary alicyclic amines) is 1. The van der Waals surface area contributed by atoms with Gasteiger partial charge < -0.3 is 14.6 Å². The summed E-state index contributed by atoms with van der Waals surface area (Å²) in [4.78, 5) is 28.3. The smallest absolute Gasteiger partial charge is 0.257 e. The normalized spacial score (nSPS) is 16.6. The molecule has 1 amide bonds. The van der Waals surface area contributed by atoms with E-state index in [1.54, 1.807) is 13.2 Å². The summed E-state index contributed by atoms with van der Waals surface area (Å²) in [6.45, 7) is 7.42. The molecule has 168 valence electrons. The lowest BCUT2D eigenvalue weighted by Gasteiger charge is -2.24. The third-order valence-corrected chi connectivity index (χ3v) is 6.29. The number of aromatic nitrogens is 1. The fourth-order valence-corrected chi connectivity index (χ4v) is 4.66. The number of nitrogens with one attached hydrogen (secondary N) is 1. The van der Waals surface area contributed by atoms with E-state index in [0.717, 1.165) is 43.6 Å². The van der Waals surface area contributed by atoms with Crippen LogP contribution in [-0.4, -0.2) is 48.2 Å². The van der Waals surface area contributed by atoms with E-state index in [-0.39, 0.29) is 23.5 Å². The molecule has 1 aliphatic heterocycles. The number of likely N-dealkylation sites (N-methyl/N-ethyl adjacent to an activating group) is 1. The summed E-state index contributed by atoms with van der Waals surface area (Å²) in [5.74, 6) is -0.323. The first-order valence-electron chi connectivity index (χ1n) is 10.9. The van der Waals surface area contributed by atoms with Gasteiger partial charge in [0.25, 0.3) is 5.91 Å². The maximum Gasteiger partial charge on any atom is 0.257 e. The van der Waals surface area contributed by atoms with Crippen molar-refractivity contribution in [2.24, 2.45) is 0 Å². The number of methoxy groups -OCH3 is 1. The molecule has 1 saturated heterocycles. The molecule has 0 bridgehead atoms. The average molecular weight is 446 g/mol. The van der Waals surface area contributed by atoms with Crippen LogP contribution in [0.25, 0.3) is 0 Å². The van der Waals surface area contributed by atoms with E-state index in [1.165, 1.54) is 0 Å². The largest absolute Gasteiger partial charge is 0.378 e. The second-order valence-corrected chi connectivity index (χ2v) is 8.51. The number of carbonyl (C=O) groups excluding carboxylic acids is 1. The van der Waals surface area contributed by atoms with Gasteiger partial charge >= 0.3 is 0 Å². The maximum atomic E-state index is 13.1. The van der Waals surface area contributed by atoms with Crippen molar-refractivity contribution in [1.82, 2.24) is 14.8 Å². The molecule has 1 aliphatic rings. The van der Waals surface area contributed by atoms with Gasteiger partial charge in [0.05, 0.1) is 12.3 Å². The molecule has 0 spiro atoms. The van der Waals surface area contributed by atoms with E-state index < -0.39 is 0 Å². The van der Waals surface area contributed by atoms with Crippen LogP contribution in [-0.2, 0) is 24.3 Å². The number of rotatable bonds is 9. The summed E-state index contributed by atoms with van der Waals surface area (Å²) in [6, 6.07) is 9.60. The Balaban J connectivity index is 1.84. The van der Waals surface area contributed by atoms with Crippen LogP contribution in [0.3, 0.4) is 0 Å². The Kier molecular flexibility index (Phi) is 8.29. The molecule has 0 saturated carbocycles. The molecule has 0 unspecified atom stereocenters. The van der Waals surface area contributed by atoms with Crippen LogP contribution in [0.2, 0.25) is 5.02 Å². The number of ether oxygens (including phenoxy) is 1. The Hall–Kier alpha value is -2.15. The Morgan fingerprint density at radius 3 is 2.84 bits per heavy atom. The quantitative estimate of drug-likeness (QED) is 0.642. The van der Waals surface area contributed by atoms with Gasteiger partial charge in [-0.15, -0.1) is 0 Å². The van der Waals surface area contributed by atoms with Crippen molar-refractivity contribution in [3.63, 3.8) is 0 Å². The summed E-state index contributed by atoms with van der Waals surface area (Å²) in [7, 11) is 1.58. The Morgan fingerprint density at radius 2 is 2.13 bits per heavy atom. The number of halogens is 1. The highest BCUT2D eigenvalue weighted by Gasteiger charge is 2.25. The lowest BCUT2D eigenvalue weighted by Crippen LogP contribution is -2.42. The van der Waals surface area contributed by atoms with Crippen molar-refractivity contribution in [3.05, 3.63) is 68.1 Å². The van der Waals surface area contributed by atoms with Crippen molar-refractivity contribution in [3.8, 4) is 0 Å². The van der Waals surface area contributed by atoms with Crippen molar-refractivity contribution in [2.45, 2.75) is 52.3 Å². The molecule has 2 heterocycles. The van der Waals surface area contributed by atoms with E-state index in [4.69, 9.17) is 16.3 Å². The van der Waals surface area contributed by atoms with Crippen LogP contribution in [0.15, 0.2) is 35.1 Å². The molecule has 1 fully saturated rings. The van der Waals surface area contributed by atoms with E-state index in [2.05, 4.69) is 17.1 Å². The van der Waals surface area contributed by atoms with Crippen LogP contribution in [0.5, 0.6) is 0 Å². The summed E-state index contributed by atoms with van der Waals surface area (Å²) < 4.78 is 7.39. The molecule has 0 radical (unpaired) electrons. The van der Waals surface area contributed by atoms with Gasteiger partial charge in [0.1, 0.15) is 5.56 Å². The lowest BCUT2D eigenvalue weighted by atomic mass is 10.1. The van der Waals surface area contributed by atoms with Crippen LogP contribution >= 0.6 is 11.6 Å². The molecular formula is C24H32ClN3O3. The van der Waals surface area contributed by atoms with Crippen LogP contribution in [0, 0.1) is 6.92 Å². The number of aryl methyl sites for hydroxylation is 2. The van der Waals surface area contributed by atoms with Crippen molar-refractivity contribution in [1.29, 1.82) is 0 Å². The molecule has 3 rings (SSSR count). The molecular weight excluding hydrogens is 414 g/mol. The number of hydrogen-bond acceptors (Lipinski definition) is 4. The second kappa shape index (κ2) is 10.9. The zero-order valence-electron chi connectivity index (χ0n) is 18.6. The summed E-state index contributed by atoms with van der Waals surface area (Å²) in [5, 5.41) is 3.70. The Bertz CT molecular complexity index is 973. The van der Waals surface area contributed by atoms with Gasteiger partial charge in [0.15, 0.2) is 5.43 Å². The fourth-order valence-electron chi connectivity index (χ4n) is 4.45. The van der Waals surface area contributed by atoms with Crippen LogP contribution in [0.1, 0.15) is 47.1 Å². The molecule has 1 atom stereocenters. The van der Waals surface area contributed by atoms with Crippen molar-refractivity contribution in [2.75, 3.05) is 26.7 Å². The predicted octanol–water partition coefficient (Wildman–Crippen LogP) is 3.41. The number of benzene rings is 1. The summed E-state index contributed by atoms with van der Waals surface area (Å²) >= 11 is 6.11. The zero-order chi connectivity index (χ0) is 22.4. The number of nitrogens with zero attached hydrogens (tertiary/aromatic N) is 2. The first kappa shape index (κ1) is 23.5. The van der Waals surface area contributed by atoms with Crippen molar-refractivity contribution < 1.29 is 9.53 Å². The minimum Gasteiger partial charge on any atom is -0.378 e. The SMILES string of the molecule is CCN1CCC[C@@H]1CNC(=O)c1c(COC)n(CCc2cccc(Cl)c2)c(C)cc1=O. The molecule has 1 aromatic heterocycles. The minimum absolute atomic E-state index is 0.180. The van der Waals surface area contributed by atoms with Gasteiger partial charge in [-0.1, -0.05) is 30.7 Å². The monoisotopic (exact) mass is 445 g/mol. The minimum atomic E-state index is -0.323. The third kappa shape index (κ3) is 5.76. The standard InChI is InChI=1S/C24H32ClN3O3/c1-4-27-11-6-9-20(27)15-26-24(30)23-21(16-31-3)28(17(2)13-22(23)29)12-10-18-7-5-8-19(25)14-18/h5,7-8,13-14,20H,4,6,9-12,15-16H2,1-3H3,(H,26,30)/t20-/m1/s1. The molecule has 31 heavy (non-hydrogen) atoms. The van der Waals surface area contributed by atoms with Gasteiger partial charge in [0.2, 0.25) is 0 Å². The number of carbonyl (C=O) groups is 1. The third-order valence-electron chi connectivity index (χ3n) is 6.05. The van der Waals surface area contributed by atoms with Gasteiger partial charge in [-0.3, -0.25) is 14.5 Å². The molecule has 2 aromatic rings. The van der Waals surface area contributed by atoms with E-state index in [1.807, 2.05) is 35.8 Å². The number of hydrogen-bond donors (Lipinski definition) is 1. The van der Waals surface area contributed by atoms with Gasteiger partial charge in [-0.2, -0.15) is 0 Å². The highest BCUT2D eigenvalue weighted by Crippen LogP contribution is 2.17. The zero-order valence-corrected chi connectivity index (χ0v) is 19.4. The average Bonchev–Trinajstić information content (AvgIpc) is 3.19. The fraction of sp³-hybridized carbons (Fsp3) is 0.500. The van der Waals surface area contributed by atoms with E-state index in [0.29, 0.717) is 29.8 Å². The predicted molar refractivity (Wildman–Crippen MR) is 124 cm³/mol. The Labute approximate surface area is 189 Å². The molecule has 7 heteroatoms. The number of amides is 1. The first-order valence-corrected chi connectivity index (χ1v) is 11.3. The summed E-state index contributed by atoms with van der Waals surface area (Å²) in [5.41, 5.74) is 2.44. The molecule has 1 N–H and O–H groups in total.